The highest BCUT2D eigenvalue weighted by Gasteiger charge is 2.35. The monoisotopic (exact) mass is 387 g/mol. The third-order valence-electron chi connectivity index (χ3n) is 4.34. The number of aromatic nitrogens is 2. The van der Waals surface area contributed by atoms with Crippen LogP contribution in [0.3, 0.4) is 0 Å². The zero-order valence-electron chi connectivity index (χ0n) is 13.9. The van der Waals surface area contributed by atoms with Crippen LogP contribution in [0.2, 0.25) is 5.02 Å². The van der Waals surface area contributed by atoms with E-state index < -0.39 is 15.8 Å². The second-order valence-corrected chi connectivity index (χ2v) is 8.84. The average Bonchev–Trinajstić information content (AvgIpc) is 3.15. The van der Waals surface area contributed by atoms with Crippen LogP contribution in [0, 0.1) is 11.7 Å². The fraction of sp³-hybridized carbons (Fsp3) is 0.438. The van der Waals surface area contributed by atoms with Gasteiger partial charge in [0.05, 0.1) is 30.0 Å². The van der Waals surface area contributed by atoms with Crippen LogP contribution in [0.25, 0.3) is 11.4 Å². The molecule has 3 rings (SSSR count). The molecule has 1 aliphatic heterocycles. The third-order valence-corrected chi connectivity index (χ3v) is 6.62. The molecule has 0 bridgehead atoms. The van der Waals surface area contributed by atoms with Gasteiger partial charge in [-0.2, -0.15) is 0 Å². The Labute approximate surface area is 151 Å². The summed E-state index contributed by atoms with van der Waals surface area (Å²) in [5, 5.41) is 0.254. The van der Waals surface area contributed by atoms with Gasteiger partial charge in [0.25, 0.3) is 0 Å². The SMILES string of the molecule is CN(C)S(=O)(=O)C[C@@H]1COC[C@H]1n1ccnc1-c1ccc(F)cc1Cl. The number of rotatable bonds is 5. The molecule has 0 saturated carbocycles. The number of nitrogens with zero attached hydrogens (tertiary/aromatic N) is 3. The molecule has 1 aliphatic rings. The molecule has 0 unspecified atom stereocenters. The molecule has 136 valence electrons. The predicted octanol–water partition coefficient (Wildman–Crippen LogP) is 2.42. The maximum atomic E-state index is 13.3. The van der Waals surface area contributed by atoms with Gasteiger partial charge in [-0.25, -0.2) is 22.1 Å². The lowest BCUT2D eigenvalue weighted by Gasteiger charge is -2.22. The van der Waals surface area contributed by atoms with Gasteiger partial charge in [-0.15, -0.1) is 0 Å². The lowest BCUT2D eigenvalue weighted by atomic mass is 10.1. The van der Waals surface area contributed by atoms with Crippen molar-refractivity contribution >= 4 is 21.6 Å². The van der Waals surface area contributed by atoms with Crippen LogP contribution in [0.5, 0.6) is 0 Å². The van der Waals surface area contributed by atoms with Crippen LogP contribution in [0.4, 0.5) is 4.39 Å². The highest BCUT2D eigenvalue weighted by molar-refractivity contribution is 7.89. The summed E-state index contributed by atoms with van der Waals surface area (Å²) >= 11 is 6.16. The molecule has 1 aromatic heterocycles. The number of hydrogen-bond donors (Lipinski definition) is 0. The molecule has 0 amide bonds. The fourth-order valence-corrected chi connectivity index (χ4v) is 4.34. The Balaban J connectivity index is 1.93. The fourth-order valence-electron chi connectivity index (χ4n) is 2.93. The summed E-state index contributed by atoms with van der Waals surface area (Å²) < 4.78 is 46.4. The van der Waals surface area contributed by atoms with Crippen molar-refractivity contribution < 1.29 is 17.5 Å². The maximum absolute atomic E-state index is 13.3. The van der Waals surface area contributed by atoms with Crippen LogP contribution in [0.1, 0.15) is 6.04 Å². The predicted molar refractivity (Wildman–Crippen MR) is 93.5 cm³/mol. The van der Waals surface area contributed by atoms with Crippen molar-refractivity contribution in [3.05, 3.63) is 41.4 Å². The maximum Gasteiger partial charge on any atom is 0.214 e. The molecule has 6 nitrogen and oxygen atoms in total. The number of imidazole rings is 1. The quantitative estimate of drug-likeness (QED) is 0.790. The van der Waals surface area contributed by atoms with Crippen molar-refractivity contribution in [3.63, 3.8) is 0 Å². The molecule has 0 aliphatic carbocycles. The second kappa shape index (κ2) is 7.03. The molecule has 2 aromatic rings. The highest BCUT2D eigenvalue weighted by atomic mass is 35.5. The minimum Gasteiger partial charge on any atom is -0.379 e. The normalized spacial score (nSPS) is 21.2. The van der Waals surface area contributed by atoms with E-state index in [1.165, 1.54) is 30.5 Å². The van der Waals surface area contributed by atoms with Gasteiger partial charge in [-0.3, -0.25) is 0 Å². The number of halogens is 2. The van der Waals surface area contributed by atoms with E-state index in [1.54, 1.807) is 18.5 Å². The van der Waals surface area contributed by atoms with Gasteiger partial charge in [-0.05, 0) is 18.2 Å². The number of ether oxygens (including phenoxy) is 1. The molecular weight excluding hydrogens is 369 g/mol. The summed E-state index contributed by atoms with van der Waals surface area (Å²) in [6, 6.07) is 3.93. The lowest BCUT2D eigenvalue weighted by molar-refractivity contribution is 0.182. The topological polar surface area (TPSA) is 64.4 Å². The lowest BCUT2D eigenvalue weighted by Crippen LogP contribution is -2.32. The second-order valence-electron chi connectivity index (χ2n) is 6.21. The molecular formula is C16H19ClFN3O3S. The smallest absolute Gasteiger partial charge is 0.214 e. The largest absolute Gasteiger partial charge is 0.379 e. The first-order valence-corrected chi connectivity index (χ1v) is 9.74. The van der Waals surface area contributed by atoms with Gasteiger partial charge in [0.15, 0.2) is 0 Å². The van der Waals surface area contributed by atoms with Crippen LogP contribution >= 0.6 is 11.6 Å². The van der Waals surface area contributed by atoms with Crippen molar-refractivity contribution in [1.29, 1.82) is 0 Å². The Bertz CT molecular complexity index is 869. The van der Waals surface area contributed by atoms with E-state index in [-0.39, 0.29) is 22.7 Å². The summed E-state index contributed by atoms with van der Waals surface area (Å²) in [6.07, 6.45) is 3.38. The Morgan fingerprint density at radius 3 is 2.84 bits per heavy atom. The summed E-state index contributed by atoms with van der Waals surface area (Å²) in [7, 11) is -0.323. The van der Waals surface area contributed by atoms with Crippen LogP contribution in [-0.2, 0) is 14.8 Å². The average molecular weight is 388 g/mol. The standard InChI is InChI=1S/C16H19ClFN3O3S/c1-20(2)25(22,23)10-11-8-24-9-15(11)21-6-5-19-16(21)13-4-3-12(18)7-14(13)17/h3-7,11,15H,8-10H2,1-2H3/t11-,15+/m0/s1. The van der Waals surface area contributed by atoms with E-state index in [9.17, 15) is 12.8 Å². The minimum atomic E-state index is -3.35. The van der Waals surface area contributed by atoms with Gasteiger partial charge >= 0.3 is 0 Å². The molecule has 25 heavy (non-hydrogen) atoms. The van der Waals surface area contributed by atoms with E-state index in [4.69, 9.17) is 16.3 Å². The molecule has 9 heteroatoms. The van der Waals surface area contributed by atoms with Crippen molar-refractivity contribution in [1.82, 2.24) is 13.9 Å². The summed E-state index contributed by atoms with van der Waals surface area (Å²) in [4.78, 5) is 4.33. The molecule has 0 N–H and O–H groups in total. The van der Waals surface area contributed by atoms with E-state index >= 15 is 0 Å². The van der Waals surface area contributed by atoms with E-state index in [0.717, 1.165) is 0 Å². The van der Waals surface area contributed by atoms with E-state index in [2.05, 4.69) is 4.98 Å². The van der Waals surface area contributed by atoms with Gasteiger partial charge in [0.1, 0.15) is 11.6 Å². The molecule has 1 saturated heterocycles. The van der Waals surface area contributed by atoms with Crippen LogP contribution < -0.4 is 0 Å². The molecule has 0 spiro atoms. The Morgan fingerprint density at radius 2 is 2.16 bits per heavy atom. The molecule has 0 radical (unpaired) electrons. The zero-order valence-corrected chi connectivity index (χ0v) is 15.5. The summed E-state index contributed by atoms with van der Waals surface area (Å²) in [6.45, 7) is 0.738. The van der Waals surface area contributed by atoms with Gasteiger partial charge < -0.3 is 9.30 Å². The first-order valence-electron chi connectivity index (χ1n) is 7.76. The van der Waals surface area contributed by atoms with Gasteiger partial charge in [-0.1, -0.05) is 11.6 Å². The Hall–Kier alpha value is -1.48. The zero-order chi connectivity index (χ0) is 18.2. The Kier molecular flexibility index (Phi) is 5.15. The summed E-state index contributed by atoms with van der Waals surface area (Å²) in [5.41, 5.74) is 0.592. The van der Waals surface area contributed by atoms with E-state index in [1.807, 2.05) is 4.57 Å². The minimum absolute atomic E-state index is 0.0144. The van der Waals surface area contributed by atoms with Crippen molar-refractivity contribution in [2.45, 2.75) is 6.04 Å². The number of hydrogen-bond acceptors (Lipinski definition) is 4. The molecule has 2 heterocycles. The first kappa shape index (κ1) is 18.3. The van der Waals surface area contributed by atoms with E-state index in [0.29, 0.717) is 24.6 Å². The Morgan fingerprint density at radius 1 is 1.40 bits per heavy atom. The number of benzene rings is 1. The molecule has 2 atom stereocenters. The van der Waals surface area contributed by atoms with Gasteiger partial charge in [0, 0.05) is 38.0 Å². The van der Waals surface area contributed by atoms with Crippen molar-refractivity contribution in [2.24, 2.45) is 5.92 Å². The third kappa shape index (κ3) is 3.72. The summed E-state index contributed by atoms with van der Waals surface area (Å²) in [5.74, 6) is -0.0854. The van der Waals surface area contributed by atoms with Crippen LogP contribution in [-0.4, -0.2) is 55.3 Å². The molecule has 1 aromatic carbocycles. The van der Waals surface area contributed by atoms with Crippen molar-refractivity contribution in [2.75, 3.05) is 33.1 Å². The van der Waals surface area contributed by atoms with Gasteiger partial charge in [0.2, 0.25) is 10.0 Å². The highest BCUT2D eigenvalue weighted by Crippen LogP contribution is 2.34. The first-order chi connectivity index (χ1) is 11.8. The van der Waals surface area contributed by atoms with Crippen molar-refractivity contribution in [3.8, 4) is 11.4 Å². The number of sulfonamides is 1. The molecule has 1 fully saturated rings. The van der Waals surface area contributed by atoms with Crippen LogP contribution in [0.15, 0.2) is 30.6 Å².